The van der Waals surface area contributed by atoms with Crippen LogP contribution in [0.15, 0.2) is 18.2 Å². The molecule has 0 radical (unpaired) electrons. The Hall–Kier alpha value is -0.820. The number of methoxy groups -OCH3 is 1. The normalized spacial score (nSPS) is 12.0. The molecule has 16 heavy (non-hydrogen) atoms. The fraction of sp³-hybridized carbons (Fsp3) is 0.364. The molecule has 0 bridgehead atoms. The van der Waals surface area contributed by atoms with E-state index in [1.165, 1.54) is 0 Å². The first-order valence-corrected chi connectivity index (χ1v) is 5.91. The second-order valence-corrected chi connectivity index (χ2v) is 4.57. The summed E-state index contributed by atoms with van der Waals surface area (Å²) in [6.07, 6.45) is 0. The van der Waals surface area contributed by atoms with Crippen molar-refractivity contribution in [2.24, 2.45) is 0 Å². The Balaban J connectivity index is 2.81. The van der Waals surface area contributed by atoms with Gasteiger partial charge < -0.3 is 15.2 Å². The van der Waals surface area contributed by atoms with Gasteiger partial charge in [-0.25, -0.2) is 0 Å². The number of amides is 1. The number of ether oxygens (including phenoxy) is 1. The van der Waals surface area contributed by atoms with Crippen LogP contribution in [0, 0.1) is 3.57 Å². The van der Waals surface area contributed by atoms with Gasteiger partial charge in [0, 0.05) is 11.6 Å². The van der Waals surface area contributed by atoms with E-state index < -0.39 is 0 Å². The number of rotatable bonds is 4. The van der Waals surface area contributed by atoms with Crippen LogP contribution >= 0.6 is 22.6 Å². The van der Waals surface area contributed by atoms with Gasteiger partial charge in [0.2, 0.25) is 0 Å². The summed E-state index contributed by atoms with van der Waals surface area (Å²) in [5, 5.41) is 11.5. The number of halogens is 1. The van der Waals surface area contributed by atoms with E-state index in [1.807, 2.05) is 0 Å². The number of nitrogens with one attached hydrogen (secondary N) is 1. The zero-order valence-electron chi connectivity index (χ0n) is 9.16. The molecule has 1 aromatic rings. The molecular weight excluding hydrogens is 321 g/mol. The lowest BCUT2D eigenvalue weighted by atomic mass is 10.2. The lowest BCUT2D eigenvalue weighted by Gasteiger charge is -2.11. The molecule has 0 aliphatic rings. The summed E-state index contributed by atoms with van der Waals surface area (Å²) in [5.41, 5.74) is 0.561. The van der Waals surface area contributed by atoms with Crippen LogP contribution in [0.1, 0.15) is 17.3 Å². The van der Waals surface area contributed by atoms with Crippen molar-refractivity contribution in [3.8, 4) is 5.75 Å². The average Bonchev–Trinajstić information content (AvgIpc) is 2.28. The molecule has 1 rings (SSSR count). The van der Waals surface area contributed by atoms with E-state index in [0.29, 0.717) is 5.56 Å². The van der Waals surface area contributed by atoms with Crippen molar-refractivity contribution in [2.75, 3.05) is 13.7 Å². The molecule has 0 saturated heterocycles. The third-order valence-corrected chi connectivity index (χ3v) is 2.91. The van der Waals surface area contributed by atoms with E-state index in [2.05, 4.69) is 27.9 Å². The standard InChI is InChI=1S/C11H14INO3/c1-7(6-14)13-11(15)8-3-4-10(16-2)9(12)5-8/h3-5,7,14H,6H2,1-2H3,(H,13,15). The smallest absolute Gasteiger partial charge is 0.251 e. The highest BCUT2D eigenvalue weighted by Crippen LogP contribution is 2.21. The van der Waals surface area contributed by atoms with Gasteiger partial charge in [-0.3, -0.25) is 4.79 Å². The molecule has 2 N–H and O–H groups in total. The van der Waals surface area contributed by atoms with Gasteiger partial charge in [-0.15, -0.1) is 0 Å². The molecule has 5 heteroatoms. The Labute approximate surface area is 108 Å². The first-order valence-electron chi connectivity index (χ1n) is 4.83. The number of hydrogen-bond donors (Lipinski definition) is 2. The second-order valence-electron chi connectivity index (χ2n) is 3.41. The number of carbonyl (C=O) groups excluding carboxylic acids is 1. The Bertz CT molecular complexity index is 381. The largest absolute Gasteiger partial charge is 0.496 e. The van der Waals surface area contributed by atoms with Crippen LogP contribution in [0.2, 0.25) is 0 Å². The van der Waals surface area contributed by atoms with Gasteiger partial charge in [-0.1, -0.05) is 0 Å². The Kier molecular flexibility index (Phi) is 5.01. The average molecular weight is 335 g/mol. The Morgan fingerprint density at radius 1 is 1.62 bits per heavy atom. The third kappa shape index (κ3) is 3.34. The minimum Gasteiger partial charge on any atom is -0.496 e. The first-order chi connectivity index (χ1) is 7.58. The predicted molar refractivity (Wildman–Crippen MR) is 69.7 cm³/mol. The molecule has 0 heterocycles. The van der Waals surface area contributed by atoms with E-state index in [-0.39, 0.29) is 18.6 Å². The second kappa shape index (κ2) is 6.05. The van der Waals surface area contributed by atoms with Gasteiger partial charge in [0.1, 0.15) is 5.75 Å². The van der Waals surface area contributed by atoms with E-state index in [9.17, 15) is 4.79 Å². The van der Waals surface area contributed by atoms with Crippen molar-refractivity contribution < 1.29 is 14.6 Å². The molecule has 1 unspecified atom stereocenters. The topological polar surface area (TPSA) is 58.6 Å². The summed E-state index contributed by atoms with van der Waals surface area (Å²) in [6, 6.07) is 4.95. The molecule has 4 nitrogen and oxygen atoms in total. The van der Waals surface area contributed by atoms with E-state index in [4.69, 9.17) is 9.84 Å². The van der Waals surface area contributed by atoms with Crippen LogP contribution in [-0.2, 0) is 0 Å². The lowest BCUT2D eigenvalue weighted by molar-refractivity contribution is 0.0922. The maximum Gasteiger partial charge on any atom is 0.251 e. The fourth-order valence-corrected chi connectivity index (χ4v) is 1.90. The number of aliphatic hydroxyl groups is 1. The molecule has 0 aromatic heterocycles. The molecule has 1 atom stereocenters. The van der Waals surface area contributed by atoms with Crippen molar-refractivity contribution in [3.63, 3.8) is 0 Å². The van der Waals surface area contributed by atoms with E-state index >= 15 is 0 Å². The van der Waals surface area contributed by atoms with Crippen LogP contribution in [0.3, 0.4) is 0 Å². The minimum atomic E-state index is -0.243. The summed E-state index contributed by atoms with van der Waals surface area (Å²) < 4.78 is 5.98. The number of carbonyl (C=O) groups is 1. The summed E-state index contributed by atoms with van der Waals surface area (Å²) in [7, 11) is 1.59. The quantitative estimate of drug-likeness (QED) is 0.818. The van der Waals surface area contributed by atoms with E-state index in [1.54, 1.807) is 32.2 Å². The molecule has 0 saturated carbocycles. The van der Waals surface area contributed by atoms with Crippen LogP contribution in [0.5, 0.6) is 5.75 Å². The number of benzene rings is 1. The SMILES string of the molecule is COc1ccc(C(=O)NC(C)CO)cc1I. The van der Waals surface area contributed by atoms with Gasteiger partial charge in [-0.05, 0) is 47.7 Å². The van der Waals surface area contributed by atoms with Crippen molar-refractivity contribution in [1.29, 1.82) is 0 Å². The summed E-state index contributed by atoms with van der Waals surface area (Å²) in [4.78, 5) is 11.7. The molecule has 88 valence electrons. The third-order valence-electron chi connectivity index (χ3n) is 2.07. The highest BCUT2D eigenvalue weighted by molar-refractivity contribution is 14.1. The first kappa shape index (κ1) is 13.2. The van der Waals surface area contributed by atoms with Crippen molar-refractivity contribution in [3.05, 3.63) is 27.3 Å². The molecule has 0 fully saturated rings. The molecule has 0 spiro atoms. The Morgan fingerprint density at radius 2 is 2.31 bits per heavy atom. The predicted octanol–water partition coefficient (Wildman–Crippen LogP) is 1.41. The van der Waals surface area contributed by atoms with Crippen molar-refractivity contribution in [1.82, 2.24) is 5.32 Å². The molecule has 0 aliphatic heterocycles. The number of aliphatic hydroxyl groups excluding tert-OH is 1. The van der Waals surface area contributed by atoms with Gasteiger partial charge >= 0.3 is 0 Å². The van der Waals surface area contributed by atoms with Crippen LogP contribution in [-0.4, -0.2) is 30.8 Å². The van der Waals surface area contributed by atoms with Crippen LogP contribution in [0.25, 0.3) is 0 Å². The summed E-state index contributed by atoms with van der Waals surface area (Å²) >= 11 is 2.11. The maximum atomic E-state index is 11.7. The highest BCUT2D eigenvalue weighted by atomic mass is 127. The minimum absolute atomic E-state index is 0.0704. The maximum absolute atomic E-state index is 11.7. The molecular formula is C11H14INO3. The number of hydrogen-bond acceptors (Lipinski definition) is 3. The molecule has 1 amide bonds. The van der Waals surface area contributed by atoms with E-state index in [0.717, 1.165) is 9.32 Å². The lowest BCUT2D eigenvalue weighted by Crippen LogP contribution is -2.34. The van der Waals surface area contributed by atoms with Gasteiger partial charge in [-0.2, -0.15) is 0 Å². The van der Waals surface area contributed by atoms with Crippen LogP contribution < -0.4 is 10.1 Å². The van der Waals surface area contributed by atoms with Crippen molar-refractivity contribution >= 4 is 28.5 Å². The van der Waals surface area contributed by atoms with Gasteiger partial charge in [0.25, 0.3) is 5.91 Å². The summed E-state index contributed by atoms with van der Waals surface area (Å²) in [5.74, 6) is 0.550. The zero-order valence-corrected chi connectivity index (χ0v) is 11.3. The Morgan fingerprint density at radius 3 is 2.81 bits per heavy atom. The van der Waals surface area contributed by atoms with Crippen molar-refractivity contribution in [2.45, 2.75) is 13.0 Å². The molecule has 0 aliphatic carbocycles. The monoisotopic (exact) mass is 335 g/mol. The highest BCUT2D eigenvalue weighted by Gasteiger charge is 2.10. The fourth-order valence-electron chi connectivity index (χ4n) is 1.16. The molecule has 1 aromatic carbocycles. The zero-order chi connectivity index (χ0) is 12.1. The summed E-state index contributed by atoms with van der Waals surface area (Å²) in [6.45, 7) is 1.67. The van der Waals surface area contributed by atoms with Gasteiger partial charge in [0.05, 0.1) is 17.3 Å². The van der Waals surface area contributed by atoms with Crippen LogP contribution in [0.4, 0.5) is 0 Å². The van der Waals surface area contributed by atoms with Gasteiger partial charge in [0.15, 0.2) is 0 Å².